The number of hydrogen-bond donors (Lipinski definition) is 7. The maximum absolute atomic E-state index is 9.66. The van der Waals surface area contributed by atoms with Crippen molar-refractivity contribution in [2.45, 2.75) is 6.92 Å². The molecule has 0 bridgehead atoms. The van der Waals surface area contributed by atoms with E-state index in [9.17, 15) is 2.81 Å². The maximum atomic E-state index is 9.66. The smallest absolute Gasteiger partial charge is 0.00461 e. The summed E-state index contributed by atoms with van der Waals surface area (Å²) in [6.07, 6.45) is 0. The van der Waals surface area contributed by atoms with Crippen LogP contribution in [0.1, 0.15) is 6.92 Å². The molecule has 9 nitrogen and oxygen atoms in total. The Bertz CT molecular complexity index is 118. The monoisotopic (exact) mass is 348 g/mol. The van der Waals surface area contributed by atoms with Crippen molar-refractivity contribution in [2.24, 2.45) is 34.4 Å². The van der Waals surface area contributed by atoms with Crippen LogP contribution in [0.2, 0.25) is 0 Å². The van der Waals surface area contributed by atoms with E-state index in [2.05, 4.69) is 2.81 Å². The molecule has 0 aromatic carbocycles. The summed E-state index contributed by atoms with van der Waals surface area (Å²) < 4.78 is 21.9. The first kappa shape index (κ1) is 26.8. The first-order valence-corrected chi connectivity index (χ1v) is 8.68. The van der Waals surface area contributed by atoms with Crippen molar-refractivity contribution in [1.29, 1.82) is 0 Å². The van der Waals surface area contributed by atoms with Gasteiger partial charge in [-0.05, 0) is 0 Å². The Morgan fingerprint density at radius 1 is 0.833 bits per heavy atom. The molecule has 0 aliphatic rings. The first-order valence-electron chi connectivity index (χ1n) is 5.58. The van der Waals surface area contributed by atoms with Crippen molar-refractivity contribution >= 4 is 0 Å². The third-order valence-corrected chi connectivity index (χ3v) is 2.08. The van der Waals surface area contributed by atoms with Crippen LogP contribution < -0.4 is 34.4 Å². The molecule has 18 heavy (non-hydrogen) atoms. The van der Waals surface area contributed by atoms with Crippen LogP contribution in [-0.4, -0.2) is 49.1 Å². The van der Waals surface area contributed by atoms with Crippen molar-refractivity contribution < 1.29 is 31.4 Å². The van der Waals surface area contributed by atoms with Gasteiger partial charge in [0.15, 0.2) is 0 Å². The Balaban J connectivity index is -0.0000000742. The normalized spacial score (nSPS) is 7.78. The third-order valence-electron chi connectivity index (χ3n) is 0.768. The number of rotatable bonds is 5. The van der Waals surface area contributed by atoms with Gasteiger partial charge in [0, 0.05) is 39.3 Å². The van der Waals surface area contributed by atoms with E-state index in [0.717, 1.165) is 0 Å². The van der Waals surface area contributed by atoms with Crippen LogP contribution in [0, 0.1) is 0 Å². The summed E-state index contributed by atoms with van der Waals surface area (Å²) in [6, 6.07) is 0. The fourth-order valence-electron chi connectivity index (χ4n) is 0.123. The summed E-state index contributed by atoms with van der Waals surface area (Å²) >= 11 is -3.37. The van der Waals surface area contributed by atoms with Gasteiger partial charge < -0.3 is 34.4 Å². The molecule has 0 saturated carbocycles. The average molecular weight is 350 g/mol. The second-order valence-corrected chi connectivity index (χ2v) is 4.45. The Morgan fingerprint density at radius 2 is 1.06 bits per heavy atom. The zero-order valence-electron chi connectivity index (χ0n) is 11.2. The minimum Gasteiger partial charge on any atom is -0.329 e. The average Bonchev–Trinajstić information content (AvgIpc) is 2.39. The van der Waals surface area contributed by atoms with Crippen LogP contribution in [0.5, 0.6) is 0 Å². The molecule has 10 heteroatoms. The van der Waals surface area contributed by atoms with Crippen molar-refractivity contribution in [3.8, 4) is 0 Å². The molecule has 0 atom stereocenters. The summed E-state index contributed by atoms with van der Waals surface area (Å²) in [5.41, 5.74) is 29.4. The Labute approximate surface area is 119 Å². The molecule has 0 aliphatic heterocycles. The van der Waals surface area contributed by atoms with Crippen molar-refractivity contribution in [3.63, 3.8) is 0 Å². The van der Waals surface area contributed by atoms with Crippen molar-refractivity contribution in [3.05, 3.63) is 0 Å². The minimum absolute atomic E-state index is 0.356. The summed E-state index contributed by atoms with van der Waals surface area (Å²) in [6.45, 7) is 5.63. The summed E-state index contributed by atoms with van der Waals surface area (Å²) in [5, 5.41) is 0. The molecule has 114 valence electrons. The topological polar surface area (TPSA) is 203 Å². The molecule has 0 rings (SSSR count). The standard InChI is InChI=1S/3C2H8N2.C2H5O.H2O.O.Zr/c3*3-1-2-4;1-2-3;;;/h3*1-4H2;2H2,1H3;1H2;;/q;;;-1;;;+2/p-1. The van der Waals surface area contributed by atoms with Gasteiger partial charge in [0.1, 0.15) is 0 Å². The molecule has 0 aromatic rings. The summed E-state index contributed by atoms with van der Waals surface area (Å²) in [5.74, 6) is 0. The largest absolute Gasteiger partial charge is 0.329 e. The van der Waals surface area contributed by atoms with Gasteiger partial charge in [-0.15, -0.1) is 0 Å². The van der Waals surface area contributed by atoms with Gasteiger partial charge in [-0.2, -0.15) is 0 Å². The molecule has 0 aromatic heterocycles. The molecule has 0 heterocycles. The molecular weight excluding hydrogens is 319 g/mol. The zero-order valence-corrected chi connectivity index (χ0v) is 13.6. The Kier molecular flexibility index (Phi) is 53.7. The van der Waals surface area contributed by atoms with Crippen molar-refractivity contribution in [2.75, 3.05) is 45.9 Å². The molecular formula is C8H30N6O3Zr. The van der Waals surface area contributed by atoms with E-state index in [1.165, 1.54) is 0 Å². The van der Waals surface area contributed by atoms with Gasteiger partial charge in [-0.25, -0.2) is 0 Å². The van der Waals surface area contributed by atoms with E-state index < -0.39 is 22.6 Å². The van der Waals surface area contributed by atoms with Gasteiger partial charge in [-0.3, -0.25) is 0 Å². The van der Waals surface area contributed by atoms with E-state index in [4.69, 9.17) is 37.6 Å². The second kappa shape index (κ2) is 36.0. The number of nitrogens with two attached hydrogens (primary N) is 6. The molecule has 0 aliphatic carbocycles. The van der Waals surface area contributed by atoms with Crippen LogP contribution in [0.15, 0.2) is 0 Å². The molecule has 0 radical (unpaired) electrons. The van der Waals surface area contributed by atoms with E-state index in [-0.39, 0.29) is 0 Å². The molecule has 0 spiro atoms. The van der Waals surface area contributed by atoms with Gasteiger partial charge in [0.2, 0.25) is 0 Å². The summed E-state index contributed by atoms with van der Waals surface area (Å²) in [7, 11) is 0. The van der Waals surface area contributed by atoms with Gasteiger partial charge in [0.25, 0.3) is 0 Å². The van der Waals surface area contributed by atoms with E-state index in [0.29, 0.717) is 45.9 Å². The van der Waals surface area contributed by atoms with E-state index >= 15 is 0 Å². The minimum atomic E-state index is -3.37. The van der Waals surface area contributed by atoms with Crippen LogP contribution in [-0.2, 0) is 28.3 Å². The Morgan fingerprint density at radius 3 is 1.06 bits per heavy atom. The molecule has 0 amide bonds. The van der Waals surface area contributed by atoms with Crippen LogP contribution in [0.25, 0.3) is 0 Å². The van der Waals surface area contributed by atoms with Gasteiger partial charge in [0.05, 0.1) is 0 Å². The van der Waals surface area contributed by atoms with Crippen molar-refractivity contribution in [1.82, 2.24) is 0 Å². The van der Waals surface area contributed by atoms with Gasteiger partial charge in [-0.1, -0.05) is 0 Å². The molecule has 13 N–H and O–H groups in total. The quantitative estimate of drug-likeness (QED) is 0.263. The van der Waals surface area contributed by atoms with Crippen LogP contribution >= 0.6 is 0 Å². The maximum Gasteiger partial charge on any atom is 0.00461 e. The molecule has 0 unspecified atom stereocenters. The molecule has 0 fully saturated rings. The van der Waals surface area contributed by atoms with Crippen LogP contribution in [0.3, 0.4) is 0 Å². The third kappa shape index (κ3) is 95.4. The number of hydrogen-bond acceptors (Lipinski definition) is 8. The predicted octanol–water partition coefficient (Wildman–Crippen LogP) is -3.48. The van der Waals surface area contributed by atoms with E-state index in [1.807, 2.05) is 0 Å². The first-order chi connectivity index (χ1) is 8.51. The second-order valence-electron chi connectivity index (χ2n) is 2.43. The van der Waals surface area contributed by atoms with Gasteiger partial charge >= 0.3 is 45.0 Å². The molecule has 0 saturated heterocycles. The van der Waals surface area contributed by atoms with E-state index in [1.54, 1.807) is 6.92 Å². The SMILES string of the molecule is CC[O][Zr](=[O])[OH].NCCN.NCCN.NCCN. The van der Waals surface area contributed by atoms with Crippen LogP contribution in [0.4, 0.5) is 0 Å². The predicted molar refractivity (Wildman–Crippen MR) is 68.9 cm³/mol. The Hall–Kier alpha value is 0.363. The fourth-order valence-corrected chi connectivity index (χ4v) is 0.730. The fraction of sp³-hybridized carbons (Fsp3) is 1.00. The summed E-state index contributed by atoms with van der Waals surface area (Å²) in [4.78, 5) is 0. The zero-order chi connectivity index (χ0) is 15.2.